The second-order valence-electron chi connectivity index (χ2n) is 4.68. The fourth-order valence-corrected chi connectivity index (χ4v) is 2.17. The molecule has 0 aromatic heterocycles. The minimum atomic E-state index is -0.720. The van der Waals surface area contributed by atoms with Gasteiger partial charge >= 0.3 is 5.97 Å². The number of carbonyl (C=O) groups excluding carboxylic acids is 1. The minimum absolute atomic E-state index is 0.269. The van der Waals surface area contributed by atoms with Crippen molar-refractivity contribution in [2.75, 3.05) is 13.2 Å². The molecule has 0 unspecified atom stereocenters. The average Bonchev–Trinajstić information content (AvgIpc) is 2.72. The van der Waals surface area contributed by atoms with E-state index in [-0.39, 0.29) is 12.6 Å². The zero-order chi connectivity index (χ0) is 13.3. The van der Waals surface area contributed by atoms with Crippen LogP contribution in [0.1, 0.15) is 20.8 Å². The minimum Gasteiger partial charge on any atom is -0.463 e. The predicted octanol–water partition coefficient (Wildman–Crippen LogP) is 0.311. The maximum Gasteiger partial charge on any atom is 0.330 e. The lowest BCUT2D eigenvalue weighted by atomic mass is 10.1. The van der Waals surface area contributed by atoms with Gasteiger partial charge in [0.2, 0.25) is 0 Å². The molecular weight excluding hydrogens is 238 g/mol. The Kier molecular flexibility index (Phi) is 3.72. The average molecular weight is 257 g/mol. The number of ether oxygens (including phenoxy) is 4. The van der Waals surface area contributed by atoms with Gasteiger partial charge in [-0.2, -0.15) is 0 Å². The first-order valence-electron chi connectivity index (χ1n) is 6.06. The Morgan fingerprint density at radius 2 is 2.22 bits per heavy atom. The van der Waals surface area contributed by atoms with Gasteiger partial charge in [-0.15, -0.1) is 0 Å². The molecule has 2 fully saturated rings. The molecule has 0 radical (unpaired) electrons. The number of rotatable bonds is 3. The fraction of sp³-hybridized carbons (Fsp3) is 0.750. The van der Waals surface area contributed by atoms with Crippen LogP contribution >= 0.6 is 0 Å². The van der Waals surface area contributed by atoms with E-state index >= 15 is 0 Å². The van der Waals surface area contributed by atoms with E-state index in [2.05, 4.69) is 0 Å². The molecule has 6 nitrogen and oxygen atoms in total. The summed E-state index contributed by atoms with van der Waals surface area (Å²) in [6.07, 6.45) is 0.142. The third-order valence-corrected chi connectivity index (χ3v) is 2.84. The molecule has 6 heteroatoms. The molecule has 0 aromatic carbocycles. The maximum absolute atomic E-state index is 11.5. The molecule has 0 saturated carbocycles. The highest BCUT2D eigenvalue weighted by Gasteiger charge is 2.51. The molecule has 102 valence electrons. The van der Waals surface area contributed by atoms with E-state index in [1.54, 1.807) is 20.8 Å². The van der Waals surface area contributed by atoms with Gasteiger partial charge in [0, 0.05) is 18.2 Å². The first-order valence-corrected chi connectivity index (χ1v) is 6.06. The Balaban J connectivity index is 2.17. The van der Waals surface area contributed by atoms with Gasteiger partial charge in [-0.3, -0.25) is 0 Å². The van der Waals surface area contributed by atoms with Crippen molar-refractivity contribution in [2.24, 2.45) is 5.73 Å². The summed E-state index contributed by atoms with van der Waals surface area (Å²) >= 11 is 0. The monoisotopic (exact) mass is 257 g/mol. The Morgan fingerprint density at radius 1 is 1.50 bits per heavy atom. The summed E-state index contributed by atoms with van der Waals surface area (Å²) in [6, 6.07) is 0. The number of nitrogens with two attached hydrogens (primary N) is 1. The number of carbonyl (C=O) groups is 1. The van der Waals surface area contributed by atoms with Crippen LogP contribution in [0.5, 0.6) is 0 Å². The van der Waals surface area contributed by atoms with Crippen LogP contribution in [0.2, 0.25) is 0 Å². The van der Waals surface area contributed by atoms with Crippen LogP contribution < -0.4 is 5.73 Å². The van der Waals surface area contributed by atoms with Crippen molar-refractivity contribution in [3.05, 3.63) is 11.6 Å². The Hall–Kier alpha value is -0.950. The first kappa shape index (κ1) is 13.5. The van der Waals surface area contributed by atoms with Crippen LogP contribution in [0.15, 0.2) is 11.6 Å². The standard InChI is InChI=1S/C12H19NO5/c1-4-15-9(14)5-7-8(6-13)16-11-10(7)17-12(2,3)18-11/h5,8,10-11H,4,6,13H2,1-3H3/b7-5+/t8-,10-,11-/m1/s1. The SMILES string of the molecule is CCOC(=O)/C=C1/[C@H]2OC(C)(C)O[C@H]2O[C@@H]1CN. The lowest BCUT2D eigenvalue weighted by Gasteiger charge is -2.21. The summed E-state index contributed by atoms with van der Waals surface area (Å²) < 4.78 is 21.8. The zero-order valence-corrected chi connectivity index (χ0v) is 10.8. The largest absolute Gasteiger partial charge is 0.463 e. The second kappa shape index (κ2) is 4.97. The lowest BCUT2D eigenvalue weighted by Crippen LogP contribution is -2.29. The summed E-state index contributed by atoms with van der Waals surface area (Å²) in [7, 11) is 0. The molecule has 2 aliphatic rings. The number of fused-ring (bicyclic) bond motifs is 1. The van der Waals surface area contributed by atoms with Crippen molar-refractivity contribution in [1.82, 2.24) is 0 Å². The number of esters is 1. The number of hydrogen-bond acceptors (Lipinski definition) is 6. The molecule has 2 saturated heterocycles. The van der Waals surface area contributed by atoms with Crippen LogP contribution in [0.3, 0.4) is 0 Å². The van der Waals surface area contributed by atoms with Gasteiger partial charge in [0.1, 0.15) is 6.10 Å². The van der Waals surface area contributed by atoms with Gasteiger partial charge in [-0.05, 0) is 20.8 Å². The van der Waals surface area contributed by atoms with E-state index in [1.807, 2.05) is 0 Å². The van der Waals surface area contributed by atoms with E-state index in [1.165, 1.54) is 6.08 Å². The van der Waals surface area contributed by atoms with Gasteiger partial charge in [0.15, 0.2) is 12.1 Å². The normalized spacial score (nSPS) is 35.8. The summed E-state index contributed by atoms with van der Waals surface area (Å²) in [5, 5.41) is 0. The van der Waals surface area contributed by atoms with Crippen molar-refractivity contribution in [3.8, 4) is 0 Å². The third kappa shape index (κ3) is 2.56. The zero-order valence-electron chi connectivity index (χ0n) is 10.8. The molecule has 2 aliphatic heterocycles. The molecule has 2 heterocycles. The summed E-state index contributed by atoms with van der Waals surface area (Å²) in [5.74, 6) is -1.13. The van der Waals surface area contributed by atoms with E-state index in [4.69, 9.17) is 24.7 Å². The van der Waals surface area contributed by atoms with Crippen molar-refractivity contribution in [1.29, 1.82) is 0 Å². The molecule has 0 amide bonds. The number of hydrogen-bond donors (Lipinski definition) is 1. The quantitative estimate of drug-likeness (QED) is 0.579. The highest BCUT2D eigenvalue weighted by Crippen LogP contribution is 2.40. The molecular formula is C12H19NO5. The van der Waals surface area contributed by atoms with Crippen LogP contribution in [0.25, 0.3) is 0 Å². The van der Waals surface area contributed by atoms with E-state index in [0.29, 0.717) is 12.2 Å². The fourth-order valence-electron chi connectivity index (χ4n) is 2.17. The molecule has 0 spiro atoms. The maximum atomic E-state index is 11.5. The van der Waals surface area contributed by atoms with Crippen molar-refractivity contribution < 1.29 is 23.7 Å². The molecule has 0 aromatic rings. The van der Waals surface area contributed by atoms with Crippen molar-refractivity contribution >= 4 is 5.97 Å². The van der Waals surface area contributed by atoms with Crippen molar-refractivity contribution in [2.45, 2.75) is 45.1 Å². The van der Waals surface area contributed by atoms with E-state index in [9.17, 15) is 4.79 Å². The predicted molar refractivity (Wildman–Crippen MR) is 62.5 cm³/mol. The lowest BCUT2D eigenvalue weighted by molar-refractivity contribution is -0.199. The molecule has 18 heavy (non-hydrogen) atoms. The first-order chi connectivity index (χ1) is 8.46. The third-order valence-electron chi connectivity index (χ3n) is 2.84. The van der Waals surface area contributed by atoms with Crippen LogP contribution in [0, 0.1) is 0 Å². The van der Waals surface area contributed by atoms with Crippen LogP contribution in [-0.2, 0) is 23.7 Å². The van der Waals surface area contributed by atoms with Gasteiger partial charge in [-0.25, -0.2) is 4.79 Å². The highest BCUT2D eigenvalue weighted by molar-refractivity contribution is 5.83. The Labute approximate surface area is 106 Å². The molecule has 2 N–H and O–H groups in total. The highest BCUT2D eigenvalue weighted by atomic mass is 16.8. The Morgan fingerprint density at radius 3 is 2.83 bits per heavy atom. The molecule has 2 rings (SSSR count). The summed E-state index contributed by atoms with van der Waals surface area (Å²) in [6.45, 7) is 5.95. The van der Waals surface area contributed by atoms with E-state index < -0.39 is 24.2 Å². The second-order valence-corrected chi connectivity index (χ2v) is 4.68. The van der Waals surface area contributed by atoms with Crippen LogP contribution in [-0.4, -0.2) is 43.4 Å². The van der Waals surface area contributed by atoms with Gasteiger partial charge in [-0.1, -0.05) is 0 Å². The summed E-state index contributed by atoms with van der Waals surface area (Å²) in [4.78, 5) is 11.5. The van der Waals surface area contributed by atoms with Crippen molar-refractivity contribution in [3.63, 3.8) is 0 Å². The van der Waals surface area contributed by atoms with Gasteiger partial charge < -0.3 is 24.7 Å². The smallest absolute Gasteiger partial charge is 0.330 e. The van der Waals surface area contributed by atoms with Gasteiger partial charge in [0.05, 0.1) is 12.7 Å². The van der Waals surface area contributed by atoms with Gasteiger partial charge in [0.25, 0.3) is 0 Å². The molecule has 0 bridgehead atoms. The molecule has 0 aliphatic carbocycles. The summed E-state index contributed by atoms with van der Waals surface area (Å²) in [5.41, 5.74) is 6.30. The Bertz CT molecular complexity index is 365. The topological polar surface area (TPSA) is 80.0 Å². The molecule has 3 atom stereocenters. The van der Waals surface area contributed by atoms with E-state index in [0.717, 1.165) is 0 Å². The van der Waals surface area contributed by atoms with Crippen LogP contribution in [0.4, 0.5) is 0 Å².